The highest BCUT2D eigenvalue weighted by atomic mass is 19.4. The number of unbranched alkanes of at least 4 members (excludes halogenated alkanes) is 3. The van der Waals surface area contributed by atoms with Crippen molar-refractivity contribution >= 4 is 11.9 Å². The molecule has 2 aliphatic rings. The van der Waals surface area contributed by atoms with E-state index in [0.717, 1.165) is 50.0 Å². The maximum absolute atomic E-state index is 13.7. The smallest absolute Gasteiger partial charge is 0.490 e. The Morgan fingerprint density at radius 1 is 1.07 bits per heavy atom. The maximum Gasteiger partial charge on any atom is 0.490 e. The number of amides is 1. The molecule has 0 aromatic heterocycles. The number of aliphatic hydroxyl groups excluding tert-OH is 1. The Balaban J connectivity index is 0.000000745. The molecule has 1 saturated heterocycles. The van der Waals surface area contributed by atoms with Crippen molar-refractivity contribution in [3.05, 3.63) is 29.8 Å². The molecule has 0 spiro atoms. The summed E-state index contributed by atoms with van der Waals surface area (Å²) >= 11 is 0. The summed E-state index contributed by atoms with van der Waals surface area (Å²) in [7, 11) is 0. The molecule has 0 radical (unpaired) electrons. The lowest BCUT2D eigenvalue weighted by Gasteiger charge is -2.29. The number of carboxylic acids is 1. The van der Waals surface area contributed by atoms with Gasteiger partial charge in [0.25, 0.3) is 0 Å². The number of carbonyl (C=O) groups excluding carboxylic acids is 1. The van der Waals surface area contributed by atoms with Gasteiger partial charge in [-0.05, 0) is 62.6 Å². The van der Waals surface area contributed by atoms with E-state index in [-0.39, 0.29) is 5.91 Å². The zero-order valence-corrected chi connectivity index (χ0v) is 23.7. The van der Waals surface area contributed by atoms with Gasteiger partial charge in [-0.2, -0.15) is 13.2 Å². The molecule has 1 saturated carbocycles. The van der Waals surface area contributed by atoms with Crippen LogP contribution in [0.3, 0.4) is 0 Å². The quantitative estimate of drug-likeness (QED) is 0.179. The molecule has 8 nitrogen and oxygen atoms in total. The zero-order valence-electron chi connectivity index (χ0n) is 23.7. The average Bonchev–Trinajstić information content (AvgIpc) is 3.31. The molecule has 0 unspecified atom stereocenters. The van der Waals surface area contributed by atoms with Crippen molar-refractivity contribution in [2.24, 2.45) is 0 Å². The highest BCUT2D eigenvalue weighted by Crippen LogP contribution is 2.24. The second-order valence-corrected chi connectivity index (χ2v) is 10.6. The van der Waals surface area contributed by atoms with E-state index in [1.54, 1.807) is 0 Å². The summed E-state index contributed by atoms with van der Waals surface area (Å²) in [5.74, 6) is -2.06. The lowest BCUT2D eigenvalue weighted by Crippen LogP contribution is -2.46. The summed E-state index contributed by atoms with van der Waals surface area (Å²) in [6.07, 6.45) is 3.00. The fourth-order valence-corrected chi connectivity index (χ4v) is 4.41. The summed E-state index contributed by atoms with van der Waals surface area (Å²) in [5.41, 5.74) is 0.720. The molecule has 0 bridgehead atoms. The molecule has 3 rings (SSSR count). The monoisotopic (exact) mass is 592 g/mol. The van der Waals surface area contributed by atoms with E-state index in [0.29, 0.717) is 45.2 Å². The number of hydrogen-bond acceptors (Lipinski definition) is 6. The number of benzene rings is 1. The molecule has 1 aromatic rings. The molecule has 1 aliphatic carbocycles. The van der Waals surface area contributed by atoms with Crippen LogP contribution >= 0.6 is 0 Å². The molecule has 1 aliphatic heterocycles. The van der Waals surface area contributed by atoms with Gasteiger partial charge in [0.2, 0.25) is 5.91 Å². The van der Waals surface area contributed by atoms with Gasteiger partial charge in [-0.3, -0.25) is 9.69 Å². The third kappa shape index (κ3) is 13.8. The van der Waals surface area contributed by atoms with Gasteiger partial charge in [0.15, 0.2) is 0 Å². The normalized spacial score (nSPS) is 19.0. The van der Waals surface area contributed by atoms with Crippen LogP contribution in [0.15, 0.2) is 24.3 Å². The highest BCUT2D eigenvalue weighted by Gasteiger charge is 2.38. The summed E-state index contributed by atoms with van der Waals surface area (Å²) in [5, 5.41) is 21.2. The molecule has 3 N–H and O–H groups in total. The van der Waals surface area contributed by atoms with Crippen LogP contribution in [0.25, 0.3) is 0 Å². The Hall–Kier alpha value is -2.44. The Morgan fingerprint density at radius 3 is 2.29 bits per heavy atom. The lowest BCUT2D eigenvalue weighted by atomic mass is 9.96. The Labute approximate surface area is 239 Å². The molecule has 2 fully saturated rings. The van der Waals surface area contributed by atoms with Gasteiger partial charge >= 0.3 is 12.1 Å². The van der Waals surface area contributed by atoms with Crippen molar-refractivity contribution in [2.75, 3.05) is 32.8 Å². The number of aliphatic carboxylic acids is 1. The van der Waals surface area contributed by atoms with Crippen molar-refractivity contribution in [1.82, 2.24) is 10.2 Å². The van der Waals surface area contributed by atoms with E-state index in [1.807, 2.05) is 29.2 Å². The first-order valence-corrected chi connectivity index (χ1v) is 14.5. The van der Waals surface area contributed by atoms with E-state index in [4.69, 9.17) is 19.4 Å². The van der Waals surface area contributed by atoms with Crippen LogP contribution < -0.4 is 10.1 Å². The lowest BCUT2D eigenvalue weighted by molar-refractivity contribution is -0.192. The number of aliphatic hydroxyl groups is 1. The summed E-state index contributed by atoms with van der Waals surface area (Å²) in [6, 6.07) is 6.90. The number of nitrogens with one attached hydrogen (secondary N) is 1. The fourth-order valence-electron chi connectivity index (χ4n) is 4.41. The maximum atomic E-state index is 13.7. The van der Waals surface area contributed by atoms with Crippen LogP contribution in [0.1, 0.15) is 82.8 Å². The van der Waals surface area contributed by atoms with E-state index in [1.165, 1.54) is 19.3 Å². The van der Waals surface area contributed by atoms with E-state index in [2.05, 4.69) is 12.2 Å². The summed E-state index contributed by atoms with van der Waals surface area (Å²) < 4.78 is 56.9. The zero-order chi connectivity index (χ0) is 30.3. The Morgan fingerprint density at radius 2 is 1.76 bits per heavy atom. The van der Waals surface area contributed by atoms with Gasteiger partial charge in [-0.1, -0.05) is 31.9 Å². The van der Waals surface area contributed by atoms with Crippen LogP contribution in [-0.4, -0.2) is 84.3 Å². The van der Waals surface area contributed by atoms with Crippen molar-refractivity contribution in [3.63, 3.8) is 0 Å². The number of hydrogen-bond donors (Lipinski definition) is 3. The number of nitrogens with zero attached hydrogens (tertiary/aromatic N) is 1. The second kappa shape index (κ2) is 18.2. The number of rotatable bonds is 16. The van der Waals surface area contributed by atoms with Crippen LogP contribution in [-0.2, 0) is 14.3 Å². The molecule has 1 aromatic carbocycles. The number of halogens is 4. The van der Waals surface area contributed by atoms with Crippen LogP contribution in [0.4, 0.5) is 17.6 Å². The molecule has 1 amide bonds. The van der Waals surface area contributed by atoms with Crippen LogP contribution in [0.5, 0.6) is 5.75 Å². The number of likely N-dealkylation sites (tertiary alicyclic amines) is 1. The van der Waals surface area contributed by atoms with E-state index in [9.17, 15) is 27.5 Å². The minimum atomic E-state index is -5.08. The van der Waals surface area contributed by atoms with Gasteiger partial charge in [0.05, 0.1) is 18.8 Å². The van der Waals surface area contributed by atoms with E-state index < -0.39 is 30.5 Å². The number of carbonyl (C=O) groups is 2. The highest BCUT2D eigenvalue weighted by molar-refractivity contribution is 5.76. The summed E-state index contributed by atoms with van der Waals surface area (Å²) in [6.45, 7) is 4.98. The predicted octanol–water partition coefficient (Wildman–Crippen LogP) is 5.19. The first kappa shape index (κ1) is 34.8. The minimum absolute atomic E-state index is 0.0699. The summed E-state index contributed by atoms with van der Waals surface area (Å²) in [4.78, 5) is 23.5. The number of ether oxygens (including phenoxy) is 2. The van der Waals surface area contributed by atoms with Gasteiger partial charge in [0, 0.05) is 32.7 Å². The first-order valence-electron chi connectivity index (χ1n) is 14.5. The van der Waals surface area contributed by atoms with Crippen molar-refractivity contribution in [1.29, 1.82) is 0 Å². The van der Waals surface area contributed by atoms with Crippen molar-refractivity contribution < 1.29 is 46.8 Å². The second-order valence-electron chi connectivity index (χ2n) is 10.6. The predicted molar refractivity (Wildman–Crippen MR) is 145 cm³/mol. The van der Waals surface area contributed by atoms with Crippen LogP contribution in [0, 0.1) is 0 Å². The topological polar surface area (TPSA) is 108 Å². The first-order chi connectivity index (χ1) is 19.5. The average molecular weight is 593 g/mol. The van der Waals surface area contributed by atoms with Gasteiger partial charge < -0.3 is 25.0 Å². The largest absolute Gasteiger partial charge is 0.494 e. The van der Waals surface area contributed by atoms with Crippen molar-refractivity contribution in [2.45, 2.75) is 102 Å². The molecule has 3 atom stereocenters. The van der Waals surface area contributed by atoms with Crippen molar-refractivity contribution in [3.8, 4) is 5.75 Å². The van der Waals surface area contributed by atoms with Gasteiger partial charge in [0.1, 0.15) is 18.0 Å². The molecule has 234 valence electrons. The van der Waals surface area contributed by atoms with Crippen LogP contribution in [0.2, 0.25) is 0 Å². The molecular formula is C29H44F4N2O6. The molecule has 12 heteroatoms. The minimum Gasteiger partial charge on any atom is -0.494 e. The SMILES string of the molecule is CCCCOc1ccc([C@@H](O)[C@@H](CN2CC[C@@H](F)C2)NC(=O)CCCCCOC2CCC2)cc1.O=C(O)C(F)(F)F. The standard InChI is InChI=1S/C27H43FN2O4.C2HF3O2/c1-2-3-17-33-24-13-11-21(12-14-24)27(32)25(20-30-16-15-22(28)19-30)29-26(31)10-5-4-6-18-34-23-8-7-9-23;3-2(4,5)1(6)7/h11-14,22-23,25,27,32H,2-10,15-20H2,1H3,(H,29,31);(H,6,7)/t22-,25-,27-;/m1./s1. The molecule has 41 heavy (non-hydrogen) atoms. The Bertz CT molecular complexity index is 898. The van der Waals surface area contributed by atoms with Gasteiger partial charge in [-0.15, -0.1) is 0 Å². The number of alkyl halides is 4. The fraction of sp³-hybridized carbons (Fsp3) is 0.724. The molecule has 1 heterocycles. The van der Waals surface area contributed by atoms with E-state index >= 15 is 0 Å². The third-order valence-electron chi connectivity index (χ3n) is 7.08. The van der Waals surface area contributed by atoms with Gasteiger partial charge in [-0.25, -0.2) is 9.18 Å². The Kier molecular flexibility index (Phi) is 15.4. The number of carboxylic acid groups (broad SMARTS) is 1. The molecular weight excluding hydrogens is 548 g/mol. The third-order valence-corrected chi connectivity index (χ3v) is 7.08.